The number of aromatic amines is 1. The molecule has 0 bridgehead atoms. The predicted octanol–water partition coefficient (Wildman–Crippen LogP) is 3.20. The molecule has 1 aromatic rings. The first-order valence-electron chi connectivity index (χ1n) is 4.84. The summed E-state index contributed by atoms with van der Waals surface area (Å²) >= 11 is 0. The minimum absolute atomic E-state index is 0.889. The second-order valence-corrected chi connectivity index (χ2v) is 3.25. The Balaban J connectivity index is 2.98. The summed E-state index contributed by atoms with van der Waals surface area (Å²) in [5.41, 5.74) is 3.91. The molecule has 0 aliphatic rings. The average Bonchev–Trinajstić information content (AvgIpc) is 2.52. The van der Waals surface area contributed by atoms with E-state index < -0.39 is 0 Å². The molecule has 1 heterocycles. The molecule has 0 fully saturated rings. The van der Waals surface area contributed by atoms with Crippen LogP contribution >= 0.6 is 0 Å². The van der Waals surface area contributed by atoms with Crippen molar-refractivity contribution in [2.45, 2.75) is 19.3 Å². The van der Waals surface area contributed by atoms with Crippen LogP contribution < -0.4 is 0 Å². The van der Waals surface area contributed by atoms with Crippen LogP contribution in [0.15, 0.2) is 44.2 Å². The summed E-state index contributed by atoms with van der Waals surface area (Å²) < 4.78 is 0. The Labute approximate surface area is 85.9 Å². The van der Waals surface area contributed by atoms with Crippen molar-refractivity contribution in [3.8, 4) is 0 Å². The standard InChI is InChI=1S/C13H17N/c1-4-7-11-10-14-13(9-6-3)12(11)8-5-2/h4-6,10,14H,1-3,7-9H2. The van der Waals surface area contributed by atoms with Crippen LogP contribution in [0.3, 0.4) is 0 Å². The van der Waals surface area contributed by atoms with E-state index >= 15 is 0 Å². The second-order valence-electron chi connectivity index (χ2n) is 3.25. The largest absolute Gasteiger partial charge is 0.364 e. The first kappa shape index (κ1) is 10.6. The molecule has 0 radical (unpaired) electrons. The van der Waals surface area contributed by atoms with Gasteiger partial charge in [-0.1, -0.05) is 18.2 Å². The number of H-pyrrole nitrogens is 1. The number of aromatic nitrogens is 1. The van der Waals surface area contributed by atoms with Crippen molar-refractivity contribution in [3.63, 3.8) is 0 Å². The highest BCUT2D eigenvalue weighted by Gasteiger charge is 2.06. The van der Waals surface area contributed by atoms with Crippen LogP contribution in [-0.4, -0.2) is 4.98 Å². The van der Waals surface area contributed by atoms with Gasteiger partial charge in [-0.05, 0) is 24.0 Å². The molecule has 0 atom stereocenters. The first-order chi connectivity index (χ1) is 6.83. The molecular weight excluding hydrogens is 170 g/mol. The fourth-order valence-electron chi connectivity index (χ4n) is 1.60. The molecule has 1 aromatic heterocycles. The van der Waals surface area contributed by atoms with E-state index in [1.165, 1.54) is 16.8 Å². The van der Waals surface area contributed by atoms with Gasteiger partial charge < -0.3 is 4.98 Å². The van der Waals surface area contributed by atoms with Crippen LogP contribution in [0.1, 0.15) is 16.8 Å². The first-order valence-corrected chi connectivity index (χ1v) is 4.84. The van der Waals surface area contributed by atoms with Crippen molar-refractivity contribution < 1.29 is 0 Å². The summed E-state index contributed by atoms with van der Waals surface area (Å²) in [6.45, 7) is 11.3. The Bertz CT molecular complexity index is 304. The molecule has 0 saturated heterocycles. The van der Waals surface area contributed by atoms with Crippen molar-refractivity contribution >= 4 is 0 Å². The molecule has 0 unspecified atom stereocenters. The number of allylic oxidation sites excluding steroid dienone is 3. The minimum atomic E-state index is 0.889. The summed E-state index contributed by atoms with van der Waals surface area (Å²) in [5, 5.41) is 0. The van der Waals surface area contributed by atoms with Gasteiger partial charge in [0.05, 0.1) is 0 Å². The van der Waals surface area contributed by atoms with Crippen molar-refractivity contribution in [2.75, 3.05) is 0 Å². The van der Waals surface area contributed by atoms with E-state index in [2.05, 4.69) is 30.9 Å². The van der Waals surface area contributed by atoms with Gasteiger partial charge in [-0.25, -0.2) is 0 Å². The maximum absolute atomic E-state index is 3.77. The molecule has 14 heavy (non-hydrogen) atoms. The number of hydrogen-bond donors (Lipinski definition) is 1. The lowest BCUT2D eigenvalue weighted by atomic mass is 10.0. The average molecular weight is 187 g/mol. The molecule has 1 heteroatoms. The molecular formula is C13H17N. The van der Waals surface area contributed by atoms with Crippen molar-refractivity contribution in [3.05, 3.63) is 61.0 Å². The van der Waals surface area contributed by atoms with Crippen LogP contribution in [0.2, 0.25) is 0 Å². The summed E-state index contributed by atoms with van der Waals surface area (Å²) in [5.74, 6) is 0. The zero-order valence-electron chi connectivity index (χ0n) is 8.55. The Morgan fingerprint density at radius 1 is 1.00 bits per heavy atom. The van der Waals surface area contributed by atoms with Gasteiger partial charge >= 0.3 is 0 Å². The van der Waals surface area contributed by atoms with E-state index in [0.717, 1.165) is 19.3 Å². The third-order valence-electron chi connectivity index (χ3n) is 2.23. The molecule has 0 spiro atoms. The van der Waals surface area contributed by atoms with E-state index in [1.54, 1.807) is 0 Å². The van der Waals surface area contributed by atoms with Gasteiger partial charge in [0.15, 0.2) is 0 Å². The lowest BCUT2D eigenvalue weighted by Crippen LogP contribution is -1.92. The number of nitrogens with one attached hydrogen (secondary N) is 1. The smallest absolute Gasteiger partial charge is 0.0224 e. The van der Waals surface area contributed by atoms with Crippen LogP contribution in [0.25, 0.3) is 0 Å². The number of hydrogen-bond acceptors (Lipinski definition) is 0. The van der Waals surface area contributed by atoms with E-state index in [1.807, 2.05) is 18.2 Å². The van der Waals surface area contributed by atoms with Gasteiger partial charge in [-0.3, -0.25) is 0 Å². The van der Waals surface area contributed by atoms with Crippen LogP contribution in [-0.2, 0) is 19.3 Å². The molecule has 0 amide bonds. The SMILES string of the molecule is C=CCc1c[nH]c(CC=C)c1CC=C. The van der Waals surface area contributed by atoms with Crippen molar-refractivity contribution in [1.82, 2.24) is 4.98 Å². The van der Waals surface area contributed by atoms with Gasteiger partial charge in [-0.2, -0.15) is 0 Å². The zero-order valence-corrected chi connectivity index (χ0v) is 8.55. The van der Waals surface area contributed by atoms with E-state index in [9.17, 15) is 0 Å². The summed E-state index contributed by atoms with van der Waals surface area (Å²) in [6, 6.07) is 0. The van der Waals surface area contributed by atoms with Crippen LogP contribution in [0, 0.1) is 0 Å². The fraction of sp³-hybridized carbons (Fsp3) is 0.231. The number of rotatable bonds is 6. The third-order valence-corrected chi connectivity index (χ3v) is 2.23. The van der Waals surface area contributed by atoms with Gasteiger partial charge in [-0.15, -0.1) is 19.7 Å². The molecule has 0 aliphatic carbocycles. The zero-order chi connectivity index (χ0) is 10.4. The quantitative estimate of drug-likeness (QED) is 0.658. The van der Waals surface area contributed by atoms with Crippen LogP contribution in [0.4, 0.5) is 0 Å². The Morgan fingerprint density at radius 2 is 1.64 bits per heavy atom. The summed E-state index contributed by atoms with van der Waals surface area (Å²) in [4.78, 5) is 3.28. The van der Waals surface area contributed by atoms with Gasteiger partial charge in [0.1, 0.15) is 0 Å². The molecule has 1 N–H and O–H groups in total. The maximum atomic E-state index is 3.77. The molecule has 1 rings (SSSR count). The Morgan fingerprint density at radius 3 is 2.21 bits per heavy atom. The van der Waals surface area contributed by atoms with E-state index in [4.69, 9.17) is 0 Å². The highest BCUT2D eigenvalue weighted by Crippen LogP contribution is 2.17. The molecule has 0 aliphatic heterocycles. The van der Waals surface area contributed by atoms with Gasteiger partial charge in [0.25, 0.3) is 0 Å². The highest BCUT2D eigenvalue weighted by atomic mass is 14.7. The summed E-state index contributed by atoms with van der Waals surface area (Å²) in [6.07, 6.45) is 10.5. The maximum Gasteiger partial charge on any atom is 0.0224 e. The monoisotopic (exact) mass is 187 g/mol. The Kier molecular flexibility index (Phi) is 3.99. The second kappa shape index (κ2) is 5.28. The van der Waals surface area contributed by atoms with Crippen molar-refractivity contribution in [2.24, 2.45) is 0 Å². The lowest BCUT2D eigenvalue weighted by molar-refractivity contribution is 1.09. The van der Waals surface area contributed by atoms with E-state index in [0.29, 0.717) is 0 Å². The fourth-order valence-corrected chi connectivity index (χ4v) is 1.60. The Hall–Kier alpha value is -1.50. The predicted molar refractivity (Wildman–Crippen MR) is 62.5 cm³/mol. The topological polar surface area (TPSA) is 15.8 Å². The highest BCUT2D eigenvalue weighted by molar-refractivity contribution is 5.35. The van der Waals surface area contributed by atoms with E-state index in [-0.39, 0.29) is 0 Å². The van der Waals surface area contributed by atoms with Gasteiger partial charge in [0, 0.05) is 18.3 Å². The van der Waals surface area contributed by atoms with Gasteiger partial charge in [0.2, 0.25) is 0 Å². The molecule has 0 saturated carbocycles. The minimum Gasteiger partial charge on any atom is -0.364 e. The lowest BCUT2D eigenvalue weighted by Gasteiger charge is -2.01. The molecule has 1 nitrogen and oxygen atoms in total. The van der Waals surface area contributed by atoms with Crippen molar-refractivity contribution in [1.29, 1.82) is 0 Å². The molecule has 74 valence electrons. The summed E-state index contributed by atoms with van der Waals surface area (Å²) in [7, 11) is 0. The normalized spacial score (nSPS) is 9.71. The van der Waals surface area contributed by atoms with Crippen LogP contribution in [0.5, 0.6) is 0 Å². The molecule has 0 aromatic carbocycles. The third kappa shape index (κ3) is 2.25.